The van der Waals surface area contributed by atoms with Gasteiger partial charge in [0.2, 0.25) is 5.91 Å². The van der Waals surface area contributed by atoms with E-state index in [-0.39, 0.29) is 17.2 Å². The molecule has 1 unspecified atom stereocenters. The van der Waals surface area contributed by atoms with Crippen molar-refractivity contribution < 1.29 is 14.6 Å². The van der Waals surface area contributed by atoms with Crippen molar-refractivity contribution in [1.82, 2.24) is 5.32 Å². The highest BCUT2D eigenvalue weighted by Gasteiger charge is 2.32. The summed E-state index contributed by atoms with van der Waals surface area (Å²) in [5, 5.41) is 12.1. The number of amides is 1. The molecule has 2 atom stereocenters. The zero-order valence-electron chi connectivity index (χ0n) is 11.1. The molecular formula is C14H20N2O3. The molecule has 19 heavy (non-hydrogen) atoms. The van der Waals surface area contributed by atoms with Gasteiger partial charge in [-0.1, -0.05) is 12.1 Å². The lowest BCUT2D eigenvalue weighted by Crippen LogP contribution is -2.53. The Balaban J connectivity index is 1.90. The lowest BCUT2D eigenvalue weighted by Gasteiger charge is -2.25. The Morgan fingerprint density at radius 3 is 2.79 bits per heavy atom. The molecule has 1 fully saturated rings. The fourth-order valence-electron chi connectivity index (χ4n) is 2.13. The van der Waals surface area contributed by atoms with Crippen LogP contribution in [-0.2, 0) is 16.0 Å². The van der Waals surface area contributed by atoms with E-state index in [0.29, 0.717) is 19.6 Å². The van der Waals surface area contributed by atoms with Crippen molar-refractivity contribution in [3.8, 4) is 5.75 Å². The van der Waals surface area contributed by atoms with Gasteiger partial charge in [-0.3, -0.25) is 4.79 Å². The highest BCUT2D eigenvalue weighted by molar-refractivity contribution is 5.82. The molecule has 104 valence electrons. The summed E-state index contributed by atoms with van der Waals surface area (Å²) >= 11 is 0. The third-order valence-corrected chi connectivity index (χ3v) is 3.37. The van der Waals surface area contributed by atoms with Crippen LogP contribution < -0.4 is 11.1 Å². The SMILES string of the molecule is CC1(NC(=O)[C@@H](N)Cc2ccc(O)cc2)CCOC1. The Hall–Kier alpha value is -1.59. The van der Waals surface area contributed by atoms with Gasteiger partial charge in [-0.15, -0.1) is 0 Å². The van der Waals surface area contributed by atoms with Gasteiger partial charge in [0.25, 0.3) is 0 Å². The van der Waals surface area contributed by atoms with Gasteiger partial charge in [0, 0.05) is 6.61 Å². The van der Waals surface area contributed by atoms with E-state index >= 15 is 0 Å². The van der Waals surface area contributed by atoms with Crippen LogP contribution in [0.3, 0.4) is 0 Å². The Morgan fingerprint density at radius 2 is 2.21 bits per heavy atom. The number of phenols is 1. The summed E-state index contributed by atoms with van der Waals surface area (Å²) in [7, 11) is 0. The maximum absolute atomic E-state index is 12.0. The third-order valence-electron chi connectivity index (χ3n) is 3.37. The lowest BCUT2D eigenvalue weighted by molar-refractivity contribution is -0.124. The molecular weight excluding hydrogens is 244 g/mol. The van der Waals surface area contributed by atoms with Crippen LogP contribution in [0.4, 0.5) is 0 Å². The summed E-state index contributed by atoms with van der Waals surface area (Å²) in [4.78, 5) is 12.0. The van der Waals surface area contributed by atoms with E-state index in [4.69, 9.17) is 10.5 Å². The fraction of sp³-hybridized carbons (Fsp3) is 0.500. The van der Waals surface area contributed by atoms with Gasteiger partial charge in [-0.05, 0) is 37.5 Å². The predicted molar refractivity (Wildman–Crippen MR) is 71.8 cm³/mol. The maximum Gasteiger partial charge on any atom is 0.237 e. The second-order valence-corrected chi connectivity index (χ2v) is 5.33. The smallest absolute Gasteiger partial charge is 0.237 e. The predicted octanol–water partition coefficient (Wildman–Crippen LogP) is 0.557. The third kappa shape index (κ3) is 3.68. The van der Waals surface area contributed by atoms with Gasteiger partial charge in [0.05, 0.1) is 18.2 Å². The highest BCUT2D eigenvalue weighted by Crippen LogP contribution is 2.18. The molecule has 4 N–H and O–H groups in total. The zero-order valence-corrected chi connectivity index (χ0v) is 11.1. The topological polar surface area (TPSA) is 84.6 Å². The number of carbonyl (C=O) groups excluding carboxylic acids is 1. The molecule has 1 aromatic rings. The van der Waals surface area contributed by atoms with Crippen molar-refractivity contribution in [2.75, 3.05) is 13.2 Å². The Labute approximate surface area is 112 Å². The van der Waals surface area contributed by atoms with Gasteiger partial charge >= 0.3 is 0 Å². The number of phenolic OH excluding ortho intramolecular Hbond substituents is 1. The first-order valence-corrected chi connectivity index (χ1v) is 6.42. The van der Waals surface area contributed by atoms with E-state index in [1.165, 1.54) is 0 Å². The van der Waals surface area contributed by atoms with E-state index in [1.54, 1.807) is 24.3 Å². The summed E-state index contributed by atoms with van der Waals surface area (Å²) in [5.74, 6) is 0.0402. The number of hydrogen-bond donors (Lipinski definition) is 3. The number of nitrogens with one attached hydrogen (secondary N) is 1. The quantitative estimate of drug-likeness (QED) is 0.741. The van der Waals surface area contributed by atoms with Gasteiger partial charge in [0.1, 0.15) is 5.75 Å². The highest BCUT2D eigenvalue weighted by atomic mass is 16.5. The van der Waals surface area contributed by atoms with Gasteiger partial charge in [0.15, 0.2) is 0 Å². The molecule has 0 bridgehead atoms. The monoisotopic (exact) mass is 264 g/mol. The number of aromatic hydroxyl groups is 1. The van der Waals surface area contributed by atoms with Crippen LogP contribution in [0.2, 0.25) is 0 Å². The molecule has 5 nitrogen and oxygen atoms in total. The van der Waals surface area contributed by atoms with E-state index in [2.05, 4.69) is 5.32 Å². The number of benzene rings is 1. The van der Waals surface area contributed by atoms with Gasteiger partial charge < -0.3 is 20.9 Å². The zero-order chi connectivity index (χ0) is 13.9. The average molecular weight is 264 g/mol. The number of nitrogens with two attached hydrogens (primary N) is 1. The van der Waals surface area contributed by atoms with Crippen LogP contribution >= 0.6 is 0 Å². The molecule has 2 rings (SSSR count). The Kier molecular flexibility index (Phi) is 4.07. The molecule has 1 amide bonds. The van der Waals surface area contributed by atoms with Crippen molar-refractivity contribution in [1.29, 1.82) is 0 Å². The first kappa shape index (κ1) is 13.8. The minimum Gasteiger partial charge on any atom is -0.508 e. The number of carbonyl (C=O) groups is 1. The summed E-state index contributed by atoms with van der Waals surface area (Å²) in [6, 6.07) is 6.12. The Bertz CT molecular complexity index is 439. The summed E-state index contributed by atoms with van der Waals surface area (Å²) in [6.07, 6.45) is 1.26. The van der Waals surface area contributed by atoms with Crippen molar-refractivity contribution in [2.24, 2.45) is 5.73 Å². The van der Waals surface area contributed by atoms with E-state index < -0.39 is 6.04 Å². The molecule has 1 heterocycles. The Morgan fingerprint density at radius 1 is 1.53 bits per heavy atom. The maximum atomic E-state index is 12.0. The van der Waals surface area contributed by atoms with Gasteiger partial charge in [-0.25, -0.2) is 0 Å². The van der Waals surface area contributed by atoms with Crippen LogP contribution in [0.1, 0.15) is 18.9 Å². The van der Waals surface area contributed by atoms with Crippen molar-refractivity contribution in [3.63, 3.8) is 0 Å². The largest absolute Gasteiger partial charge is 0.508 e. The minimum absolute atomic E-state index is 0.166. The molecule has 0 saturated carbocycles. The van der Waals surface area contributed by atoms with Gasteiger partial charge in [-0.2, -0.15) is 0 Å². The fourth-order valence-corrected chi connectivity index (χ4v) is 2.13. The molecule has 1 aliphatic heterocycles. The number of ether oxygens (including phenoxy) is 1. The molecule has 1 aliphatic rings. The number of rotatable bonds is 4. The van der Waals surface area contributed by atoms with Crippen LogP contribution in [0.15, 0.2) is 24.3 Å². The molecule has 0 aliphatic carbocycles. The first-order chi connectivity index (χ1) is 8.98. The molecule has 5 heteroatoms. The van der Waals surface area contributed by atoms with Crippen LogP contribution in [0.5, 0.6) is 5.75 Å². The van der Waals surface area contributed by atoms with E-state index in [0.717, 1.165) is 12.0 Å². The van der Waals surface area contributed by atoms with Crippen LogP contribution in [0.25, 0.3) is 0 Å². The van der Waals surface area contributed by atoms with Crippen molar-refractivity contribution >= 4 is 5.91 Å². The molecule has 0 spiro atoms. The number of hydrogen-bond acceptors (Lipinski definition) is 4. The second kappa shape index (κ2) is 5.59. The van der Waals surface area contributed by atoms with Crippen molar-refractivity contribution in [3.05, 3.63) is 29.8 Å². The molecule has 1 aromatic carbocycles. The summed E-state index contributed by atoms with van der Waals surface area (Å²) in [6.45, 7) is 3.17. The summed E-state index contributed by atoms with van der Waals surface area (Å²) < 4.78 is 5.29. The molecule has 0 aromatic heterocycles. The normalized spacial score (nSPS) is 24.1. The first-order valence-electron chi connectivity index (χ1n) is 6.42. The van der Waals surface area contributed by atoms with E-state index in [1.807, 2.05) is 6.92 Å². The minimum atomic E-state index is -0.595. The standard InChI is InChI=1S/C14H20N2O3/c1-14(6-7-19-9-14)16-13(18)12(15)8-10-2-4-11(17)5-3-10/h2-5,12,17H,6-9,15H2,1H3,(H,16,18)/t12-,14?/m0/s1. The van der Waals surface area contributed by atoms with Crippen LogP contribution in [-0.4, -0.2) is 35.8 Å². The average Bonchev–Trinajstić information content (AvgIpc) is 2.78. The van der Waals surface area contributed by atoms with Crippen LogP contribution in [0, 0.1) is 0 Å². The van der Waals surface area contributed by atoms with Crippen molar-refractivity contribution in [2.45, 2.75) is 31.3 Å². The van der Waals surface area contributed by atoms with E-state index in [9.17, 15) is 9.90 Å². The summed E-state index contributed by atoms with van der Waals surface area (Å²) in [5.41, 5.74) is 6.53. The second-order valence-electron chi connectivity index (χ2n) is 5.33. The molecule has 1 saturated heterocycles. The lowest BCUT2D eigenvalue weighted by atomic mass is 10.00. The molecule has 0 radical (unpaired) electrons.